The molecule has 2 heterocycles. The van der Waals surface area contributed by atoms with Gasteiger partial charge >= 0.3 is 0 Å². The summed E-state index contributed by atoms with van der Waals surface area (Å²) in [6.45, 7) is 2.33. The predicted molar refractivity (Wildman–Crippen MR) is 74.7 cm³/mol. The first-order valence-electron chi connectivity index (χ1n) is 5.50. The van der Waals surface area contributed by atoms with Gasteiger partial charge in [-0.25, -0.2) is 0 Å². The van der Waals surface area contributed by atoms with Gasteiger partial charge in [-0.05, 0) is 31.2 Å². The van der Waals surface area contributed by atoms with Crippen LogP contribution in [0.25, 0.3) is 0 Å². The van der Waals surface area contributed by atoms with Crippen LogP contribution in [0.2, 0.25) is 0 Å². The molecule has 2 rings (SSSR count). The first kappa shape index (κ1) is 12.4. The van der Waals surface area contributed by atoms with Crippen molar-refractivity contribution in [2.75, 3.05) is 0 Å². The van der Waals surface area contributed by atoms with E-state index in [0.29, 0.717) is 12.1 Å². The summed E-state index contributed by atoms with van der Waals surface area (Å²) in [5.74, 6) is 0. The van der Waals surface area contributed by atoms with Crippen molar-refractivity contribution >= 4 is 17.2 Å². The number of nitrogens with two attached hydrogens (primary N) is 1. The van der Waals surface area contributed by atoms with Gasteiger partial charge in [-0.1, -0.05) is 18.3 Å². The summed E-state index contributed by atoms with van der Waals surface area (Å²) in [6, 6.07) is 9.10. The minimum Gasteiger partial charge on any atom is -0.389 e. The quantitative estimate of drug-likeness (QED) is 0.842. The zero-order chi connectivity index (χ0) is 13.1. The van der Waals surface area contributed by atoms with Crippen LogP contribution in [-0.2, 0) is 6.54 Å². The minimum atomic E-state index is -0.187. The van der Waals surface area contributed by atoms with E-state index >= 15 is 0 Å². The second kappa shape index (κ2) is 5.10. The molecule has 2 aromatic heterocycles. The molecule has 0 radical (unpaired) electrons. The number of thiocarbonyl (C=S) groups is 1. The van der Waals surface area contributed by atoms with E-state index in [1.807, 2.05) is 25.1 Å². The van der Waals surface area contributed by atoms with Gasteiger partial charge in [0.1, 0.15) is 4.99 Å². The third-order valence-electron chi connectivity index (χ3n) is 2.56. The van der Waals surface area contributed by atoms with Gasteiger partial charge in [-0.2, -0.15) is 0 Å². The lowest BCUT2D eigenvalue weighted by molar-refractivity contribution is 0.735. The smallest absolute Gasteiger partial charge is 0.261 e. The highest BCUT2D eigenvalue weighted by molar-refractivity contribution is 7.80. The van der Waals surface area contributed by atoms with Gasteiger partial charge in [-0.15, -0.1) is 0 Å². The van der Waals surface area contributed by atoms with Crippen molar-refractivity contribution in [3.63, 3.8) is 0 Å². The summed E-state index contributed by atoms with van der Waals surface area (Å²) in [4.78, 5) is 16.5. The molecule has 0 bridgehead atoms. The minimum absolute atomic E-state index is 0.117. The SMILES string of the molecule is Cc1cccc(Cn2cccc(C(N)=S)c2=O)n1. The topological polar surface area (TPSA) is 60.9 Å². The summed E-state index contributed by atoms with van der Waals surface area (Å²) in [7, 11) is 0. The molecule has 2 N–H and O–H groups in total. The Kier molecular flexibility index (Phi) is 3.53. The zero-order valence-electron chi connectivity index (χ0n) is 9.96. The molecule has 0 saturated heterocycles. The van der Waals surface area contributed by atoms with Crippen LogP contribution in [-0.4, -0.2) is 14.5 Å². The molecular formula is C13H13N3OS. The Morgan fingerprint density at radius 2 is 2.17 bits per heavy atom. The fraction of sp³-hybridized carbons (Fsp3) is 0.154. The molecule has 0 saturated carbocycles. The average Bonchev–Trinajstić information content (AvgIpc) is 2.31. The van der Waals surface area contributed by atoms with E-state index in [1.54, 1.807) is 22.9 Å². The molecule has 0 amide bonds. The fourth-order valence-corrected chi connectivity index (χ4v) is 1.87. The van der Waals surface area contributed by atoms with Gasteiger partial charge < -0.3 is 10.3 Å². The molecule has 0 aliphatic carbocycles. The molecule has 18 heavy (non-hydrogen) atoms. The lowest BCUT2D eigenvalue weighted by atomic mass is 10.2. The maximum absolute atomic E-state index is 12.1. The predicted octanol–water partition coefficient (Wildman–Crippen LogP) is 1.23. The second-order valence-corrected chi connectivity index (χ2v) is 4.43. The van der Waals surface area contributed by atoms with Gasteiger partial charge in [0.2, 0.25) is 0 Å². The van der Waals surface area contributed by atoms with Gasteiger partial charge in [0.15, 0.2) is 0 Å². The molecule has 5 heteroatoms. The Labute approximate surface area is 110 Å². The second-order valence-electron chi connectivity index (χ2n) is 3.99. The largest absolute Gasteiger partial charge is 0.389 e. The normalized spacial score (nSPS) is 10.3. The van der Waals surface area contributed by atoms with Crippen molar-refractivity contribution in [1.82, 2.24) is 9.55 Å². The van der Waals surface area contributed by atoms with Crippen LogP contribution in [0.3, 0.4) is 0 Å². The van der Waals surface area contributed by atoms with Gasteiger partial charge in [0, 0.05) is 11.9 Å². The van der Waals surface area contributed by atoms with E-state index in [1.165, 1.54) is 0 Å². The Morgan fingerprint density at radius 3 is 2.83 bits per heavy atom. The van der Waals surface area contributed by atoms with E-state index in [0.717, 1.165) is 11.4 Å². The van der Waals surface area contributed by atoms with Crippen LogP contribution in [0.5, 0.6) is 0 Å². The highest BCUT2D eigenvalue weighted by Crippen LogP contribution is 2.01. The Bertz CT molecular complexity index is 649. The fourth-order valence-electron chi connectivity index (χ4n) is 1.71. The summed E-state index contributed by atoms with van der Waals surface area (Å²) < 4.78 is 1.55. The van der Waals surface area contributed by atoms with Crippen molar-refractivity contribution in [3.8, 4) is 0 Å². The van der Waals surface area contributed by atoms with Crippen LogP contribution < -0.4 is 11.3 Å². The first-order chi connectivity index (χ1) is 8.58. The monoisotopic (exact) mass is 259 g/mol. The Morgan fingerprint density at radius 1 is 1.39 bits per heavy atom. The van der Waals surface area contributed by atoms with Gasteiger partial charge in [0.05, 0.1) is 17.8 Å². The van der Waals surface area contributed by atoms with Crippen molar-refractivity contribution in [2.45, 2.75) is 13.5 Å². The van der Waals surface area contributed by atoms with E-state index in [9.17, 15) is 4.79 Å². The van der Waals surface area contributed by atoms with Crippen molar-refractivity contribution in [2.24, 2.45) is 5.73 Å². The Balaban J connectivity index is 2.38. The van der Waals surface area contributed by atoms with Gasteiger partial charge in [-0.3, -0.25) is 9.78 Å². The highest BCUT2D eigenvalue weighted by atomic mass is 32.1. The number of pyridine rings is 2. The standard InChI is InChI=1S/C13H13N3OS/c1-9-4-2-5-10(15-9)8-16-7-3-6-11(12(14)18)13(16)17/h2-7H,8H2,1H3,(H2,14,18). The molecule has 2 aromatic rings. The van der Waals surface area contributed by atoms with Crippen LogP contribution in [0.4, 0.5) is 0 Å². The molecular weight excluding hydrogens is 246 g/mol. The van der Waals surface area contributed by atoms with Crippen molar-refractivity contribution < 1.29 is 0 Å². The molecule has 0 unspecified atom stereocenters. The highest BCUT2D eigenvalue weighted by Gasteiger charge is 2.06. The molecule has 92 valence electrons. The number of aromatic nitrogens is 2. The third kappa shape index (κ3) is 2.62. The third-order valence-corrected chi connectivity index (χ3v) is 2.78. The molecule has 0 aliphatic heterocycles. The van der Waals surface area contributed by atoms with Crippen LogP contribution >= 0.6 is 12.2 Å². The van der Waals surface area contributed by atoms with Crippen molar-refractivity contribution in [1.29, 1.82) is 0 Å². The van der Waals surface area contributed by atoms with E-state index in [2.05, 4.69) is 4.98 Å². The van der Waals surface area contributed by atoms with Crippen molar-refractivity contribution in [3.05, 3.63) is 63.8 Å². The van der Waals surface area contributed by atoms with Crippen LogP contribution in [0.15, 0.2) is 41.3 Å². The molecule has 0 aliphatic rings. The summed E-state index contributed by atoms with van der Waals surface area (Å²) in [5.41, 5.74) is 7.43. The Hall–Kier alpha value is -2.01. The summed E-state index contributed by atoms with van der Waals surface area (Å²) in [5, 5.41) is 0. The maximum Gasteiger partial charge on any atom is 0.261 e. The number of aryl methyl sites for hydroxylation is 1. The molecule has 0 fully saturated rings. The average molecular weight is 259 g/mol. The van der Waals surface area contributed by atoms with E-state index in [4.69, 9.17) is 18.0 Å². The van der Waals surface area contributed by atoms with Crippen LogP contribution in [0.1, 0.15) is 17.0 Å². The summed E-state index contributed by atoms with van der Waals surface area (Å²) >= 11 is 4.84. The maximum atomic E-state index is 12.1. The number of nitrogens with zero attached hydrogens (tertiary/aromatic N) is 2. The lowest BCUT2D eigenvalue weighted by Gasteiger charge is -2.07. The van der Waals surface area contributed by atoms with E-state index < -0.39 is 0 Å². The van der Waals surface area contributed by atoms with Crippen LogP contribution in [0, 0.1) is 6.92 Å². The number of hydrogen-bond donors (Lipinski definition) is 1. The molecule has 4 nitrogen and oxygen atoms in total. The van der Waals surface area contributed by atoms with Gasteiger partial charge in [0.25, 0.3) is 5.56 Å². The summed E-state index contributed by atoms with van der Waals surface area (Å²) in [6.07, 6.45) is 1.70. The molecule has 0 atom stereocenters. The number of rotatable bonds is 3. The van der Waals surface area contributed by atoms with E-state index in [-0.39, 0.29) is 10.5 Å². The first-order valence-corrected chi connectivity index (χ1v) is 5.90. The lowest BCUT2D eigenvalue weighted by Crippen LogP contribution is -2.28. The number of hydrogen-bond acceptors (Lipinski definition) is 3. The molecule has 0 aromatic carbocycles. The molecule has 0 spiro atoms. The zero-order valence-corrected chi connectivity index (χ0v) is 10.8.